The molecule has 1 aliphatic rings. The molecule has 13 heavy (non-hydrogen) atoms. The normalized spacial score (nSPS) is 18.8. The standard InChI is InChI=1S/C11H22N2/c1-3-6-12-7-10-13-8-4-11(2)5-9-13/h4,12H,3,5-10H2,1-2H3. The molecule has 0 atom stereocenters. The molecule has 0 fully saturated rings. The SMILES string of the molecule is CCCNCCN1CC=C(C)CC1. The molecule has 0 spiro atoms. The van der Waals surface area contributed by atoms with Crippen molar-refractivity contribution in [3.05, 3.63) is 11.6 Å². The summed E-state index contributed by atoms with van der Waals surface area (Å²) in [6, 6.07) is 0. The zero-order valence-electron chi connectivity index (χ0n) is 8.97. The number of hydrogen-bond donors (Lipinski definition) is 1. The molecule has 2 heteroatoms. The van der Waals surface area contributed by atoms with Crippen LogP contribution in [0, 0.1) is 0 Å². The maximum absolute atomic E-state index is 3.43. The topological polar surface area (TPSA) is 15.3 Å². The van der Waals surface area contributed by atoms with Gasteiger partial charge >= 0.3 is 0 Å². The Morgan fingerprint density at radius 3 is 2.92 bits per heavy atom. The molecule has 0 saturated carbocycles. The lowest BCUT2D eigenvalue weighted by Gasteiger charge is -2.25. The Morgan fingerprint density at radius 2 is 2.31 bits per heavy atom. The van der Waals surface area contributed by atoms with Gasteiger partial charge in [-0.2, -0.15) is 0 Å². The first kappa shape index (κ1) is 10.7. The van der Waals surface area contributed by atoms with Gasteiger partial charge in [0, 0.05) is 26.2 Å². The molecule has 0 aliphatic carbocycles. The Hall–Kier alpha value is -0.340. The monoisotopic (exact) mass is 182 g/mol. The van der Waals surface area contributed by atoms with Crippen molar-refractivity contribution in [2.24, 2.45) is 0 Å². The lowest BCUT2D eigenvalue weighted by molar-refractivity contribution is 0.293. The van der Waals surface area contributed by atoms with Gasteiger partial charge in [0.2, 0.25) is 0 Å². The van der Waals surface area contributed by atoms with Crippen LogP contribution in [-0.2, 0) is 0 Å². The fraction of sp³-hybridized carbons (Fsp3) is 0.818. The minimum Gasteiger partial charge on any atom is -0.315 e. The molecule has 0 radical (unpaired) electrons. The highest BCUT2D eigenvalue weighted by Crippen LogP contribution is 2.08. The van der Waals surface area contributed by atoms with Crippen molar-refractivity contribution in [2.45, 2.75) is 26.7 Å². The van der Waals surface area contributed by atoms with Crippen LogP contribution in [0.2, 0.25) is 0 Å². The molecule has 0 aromatic heterocycles. The highest BCUT2D eigenvalue weighted by atomic mass is 15.1. The smallest absolute Gasteiger partial charge is 0.0166 e. The van der Waals surface area contributed by atoms with Crippen LogP contribution in [0.3, 0.4) is 0 Å². The van der Waals surface area contributed by atoms with E-state index < -0.39 is 0 Å². The van der Waals surface area contributed by atoms with Crippen molar-refractivity contribution < 1.29 is 0 Å². The predicted molar refractivity (Wildman–Crippen MR) is 58.0 cm³/mol. The lowest BCUT2D eigenvalue weighted by Crippen LogP contribution is -2.35. The van der Waals surface area contributed by atoms with Crippen LogP contribution in [-0.4, -0.2) is 37.6 Å². The number of nitrogens with zero attached hydrogens (tertiary/aromatic N) is 1. The molecule has 0 amide bonds. The second-order valence-corrected chi connectivity index (χ2v) is 3.85. The van der Waals surface area contributed by atoms with Crippen molar-refractivity contribution in [1.29, 1.82) is 0 Å². The fourth-order valence-electron chi connectivity index (χ4n) is 1.55. The molecule has 76 valence electrons. The van der Waals surface area contributed by atoms with Crippen molar-refractivity contribution in [1.82, 2.24) is 10.2 Å². The Labute approximate surface area is 82.0 Å². The van der Waals surface area contributed by atoms with E-state index in [1.807, 2.05) is 0 Å². The highest BCUT2D eigenvalue weighted by molar-refractivity contribution is 5.03. The van der Waals surface area contributed by atoms with E-state index >= 15 is 0 Å². The van der Waals surface area contributed by atoms with Gasteiger partial charge in [0.1, 0.15) is 0 Å². The Balaban J connectivity index is 2.03. The average molecular weight is 182 g/mol. The highest BCUT2D eigenvalue weighted by Gasteiger charge is 2.07. The Kier molecular flexibility index (Phi) is 5.09. The van der Waals surface area contributed by atoms with Gasteiger partial charge in [0.15, 0.2) is 0 Å². The van der Waals surface area contributed by atoms with Crippen molar-refractivity contribution in [2.75, 3.05) is 32.7 Å². The number of nitrogens with one attached hydrogen (secondary N) is 1. The van der Waals surface area contributed by atoms with Gasteiger partial charge in [0.25, 0.3) is 0 Å². The average Bonchev–Trinajstić information content (AvgIpc) is 2.15. The first-order chi connectivity index (χ1) is 6.33. The third kappa shape index (κ3) is 4.44. The molecule has 1 heterocycles. The third-order valence-electron chi connectivity index (χ3n) is 2.55. The van der Waals surface area contributed by atoms with Crippen LogP contribution in [0.5, 0.6) is 0 Å². The second kappa shape index (κ2) is 6.17. The van der Waals surface area contributed by atoms with Crippen LogP contribution in [0.15, 0.2) is 11.6 Å². The molecular formula is C11H22N2. The molecule has 0 unspecified atom stereocenters. The summed E-state index contributed by atoms with van der Waals surface area (Å²) in [6.07, 6.45) is 4.84. The molecule has 1 rings (SSSR count). The lowest BCUT2D eigenvalue weighted by atomic mass is 10.1. The van der Waals surface area contributed by atoms with Crippen molar-refractivity contribution in [3.8, 4) is 0 Å². The molecule has 0 bridgehead atoms. The summed E-state index contributed by atoms with van der Waals surface area (Å²) in [5, 5.41) is 3.43. The Bertz CT molecular complexity index is 163. The summed E-state index contributed by atoms with van der Waals surface area (Å²) in [7, 11) is 0. The quantitative estimate of drug-likeness (QED) is 0.513. The van der Waals surface area contributed by atoms with Crippen LogP contribution in [0.4, 0.5) is 0 Å². The molecule has 2 nitrogen and oxygen atoms in total. The van der Waals surface area contributed by atoms with Crippen LogP contribution in [0.25, 0.3) is 0 Å². The summed E-state index contributed by atoms with van der Waals surface area (Å²) in [6.45, 7) is 10.3. The van der Waals surface area contributed by atoms with Gasteiger partial charge in [-0.05, 0) is 26.3 Å². The molecule has 1 aliphatic heterocycles. The van der Waals surface area contributed by atoms with Crippen LogP contribution < -0.4 is 5.32 Å². The summed E-state index contributed by atoms with van der Waals surface area (Å²) in [5.41, 5.74) is 1.55. The van der Waals surface area contributed by atoms with Gasteiger partial charge in [-0.1, -0.05) is 18.6 Å². The first-order valence-corrected chi connectivity index (χ1v) is 5.41. The number of rotatable bonds is 5. The summed E-state index contributed by atoms with van der Waals surface area (Å²) < 4.78 is 0. The first-order valence-electron chi connectivity index (χ1n) is 5.41. The van der Waals surface area contributed by atoms with Gasteiger partial charge < -0.3 is 5.32 Å². The molecular weight excluding hydrogens is 160 g/mol. The van der Waals surface area contributed by atoms with E-state index in [1.54, 1.807) is 5.57 Å². The van der Waals surface area contributed by atoms with E-state index in [-0.39, 0.29) is 0 Å². The largest absolute Gasteiger partial charge is 0.315 e. The second-order valence-electron chi connectivity index (χ2n) is 3.85. The molecule has 0 aromatic carbocycles. The van der Waals surface area contributed by atoms with Gasteiger partial charge in [0.05, 0.1) is 0 Å². The summed E-state index contributed by atoms with van der Waals surface area (Å²) in [5.74, 6) is 0. The van der Waals surface area contributed by atoms with E-state index in [0.717, 1.165) is 19.6 Å². The van der Waals surface area contributed by atoms with Crippen molar-refractivity contribution in [3.63, 3.8) is 0 Å². The minimum absolute atomic E-state index is 1.14. The van der Waals surface area contributed by atoms with E-state index in [9.17, 15) is 0 Å². The predicted octanol–water partition coefficient (Wildman–Crippen LogP) is 1.64. The van der Waals surface area contributed by atoms with Crippen LogP contribution in [0.1, 0.15) is 26.7 Å². The van der Waals surface area contributed by atoms with E-state index in [1.165, 1.54) is 25.9 Å². The minimum atomic E-state index is 1.14. The Morgan fingerprint density at radius 1 is 1.46 bits per heavy atom. The van der Waals surface area contributed by atoms with Crippen molar-refractivity contribution >= 4 is 0 Å². The summed E-state index contributed by atoms with van der Waals surface area (Å²) >= 11 is 0. The molecule has 0 aromatic rings. The maximum Gasteiger partial charge on any atom is 0.0166 e. The molecule has 0 saturated heterocycles. The molecule has 1 N–H and O–H groups in total. The zero-order valence-corrected chi connectivity index (χ0v) is 8.97. The van der Waals surface area contributed by atoms with E-state index in [2.05, 4.69) is 30.1 Å². The van der Waals surface area contributed by atoms with Gasteiger partial charge in [-0.15, -0.1) is 0 Å². The van der Waals surface area contributed by atoms with Gasteiger partial charge in [-0.25, -0.2) is 0 Å². The fourth-order valence-corrected chi connectivity index (χ4v) is 1.55. The number of hydrogen-bond acceptors (Lipinski definition) is 2. The summed E-state index contributed by atoms with van der Waals surface area (Å²) in [4.78, 5) is 2.51. The maximum atomic E-state index is 3.43. The van der Waals surface area contributed by atoms with E-state index in [0.29, 0.717) is 0 Å². The van der Waals surface area contributed by atoms with Crippen LogP contribution >= 0.6 is 0 Å². The van der Waals surface area contributed by atoms with Gasteiger partial charge in [-0.3, -0.25) is 4.90 Å². The van der Waals surface area contributed by atoms with E-state index in [4.69, 9.17) is 0 Å². The zero-order chi connectivity index (χ0) is 9.52. The third-order valence-corrected chi connectivity index (χ3v) is 2.55.